The molecule has 39 heavy (non-hydrogen) atoms. The maximum atomic E-state index is 14.1. The van der Waals surface area contributed by atoms with Crippen molar-refractivity contribution in [2.75, 3.05) is 7.05 Å². The van der Waals surface area contributed by atoms with Crippen molar-refractivity contribution < 1.29 is 9.13 Å². The molecular weight excluding hydrogens is 500 g/mol. The van der Waals surface area contributed by atoms with Crippen LogP contribution in [-0.2, 0) is 19.4 Å². The summed E-state index contributed by atoms with van der Waals surface area (Å²) in [5, 5.41) is 2.15. The van der Waals surface area contributed by atoms with Gasteiger partial charge in [-0.1, -0.05) is 112 Å². The van der Waals surface area contributed by atoms with Crippen molar-refractivity contribution in [1.82, 2.24) is 0 Å². The molecule has 5 aromatic carbocycles. The van der Waals surface area contributed by atoms with Crippen molar-refractivity contribution in [2.45, 2.75) is 19.4 Å². The fourth-order valence-electron chi connectivity index (χ4n) is 4.67. The predicted molar refractivity (Wildman–Crippen MR) is 163 cm³/mol. The Morgan fingerprint density at radius 1 is 0.667 bits per heavy atom. The second kappa shape index (κ2) is 13.1. The molecule has 5 rings (SSSR count). The maximum absolute atomic E-state index is 14.1. The number of ether oxygens (including phenoxy) is 1. The van der Waals surface area contributed by atoms with Gasteiger partial charge in [0.25, 0.3) is 0 Å². The van der Waals surface area contributed by atoms with E-state index in [0.29, 0.717) is 6.61 Å². The van der Waals surface area contributed by atoms with Crippen molar-refractivity contribution in [2.24, 2.45) is 4.99 Å². The third-order valence-electron chi connectivity index (χ3n) is 6.49. The van der Waals surface area contributed by atoms with E-state index in [1.165, 1.54) is 22.8 Å². The van der Waals surface area contributed by atoms with Crippen LogP contribution in [-0.4, -0.2) is 13.3 Å². The molecule has 0 saturated heterocycles. The lowest BCUT2D eigenvalue weighted by Gasteiger charge is -2.19. The Morgan fingerprint density at radius 2 is 1.28 bits per heavy atom. The van der Waals surface area contributed by atoms with Crippen molar-refractivity contribution >= 4 is 25.4 Å². The molecule has 4 heteroatoms. The van der Waals surface area contributed by atoms with E-state index in [2.05, 4.69) is 77.8 Å². The number of hydrogen-bond acceptors (Lipinski definition) is 2. The minimum absolute atomic E-state index is 0.262. The van der Waals surface area contributed by atoms with Crippen molar-refractivity contribution in [1.29, 1.82) is 0 Å². The van der Waals surface area contributed by atoms with E-state index in [1.54, 1.807) is 19.3 Å². The van der Waals surface area contributed by atoms with E-state index in [1.807, 2.05) is 36.4 Å². The summed E-state index contributed by atoms with van der Waals surface area (Å²) in [4.78, 5) is 4.18. The van der Waals surface area contributed by atoms with Gasteiger partial charge in [0.05, 0.1) is 0 Å². The minimum atomic E-state index is -0.262. The molecule has 0 bridgehead atoms. The van der Waals surface area contributed by atoms with E-state index >= 15 is 0 Å². The smallest absolute Gasteiger partial charge is 0.131 e. The lowest BCUT2D eigenvalue weighted by molar-refractivity contribution is 0.306. The summed E-state index contributed by atoms with van der Waals surface area (Å²) in [7, 11) is 1.99. The van der Waals surface area contributed by atoms with Crippen molar-refractivity contribution in [3.05, 3.63) is 161 Å². The van der Waals surface area contributed by atoms with Gasteiger partial charge < -0.3 is 4.74 Å². The van der Waals surface area contributed by atoms with Crippen LogP contribution in [0.3, 0.4) is 0 Å². The topological polar surface area (TPSA) is 21.6 Å². The van der Waals surface area contributed by atoms with E-state index in [-0.39, 0.29) is 14.4 Å². The van der Waals surface area contributed by atoms with Gasteiger partial charge in [-0.25, -0.2) is 4.39 Å². The molecule has 0 spiro atoms. The van der Waals surface area contributed by atoms with Gasteiger partial charge in [0.15, 0.2) is 0 Å². The number of aliphatic imine (C=N–C) groups is 1. The van der Waals surface area contributed by atoms with Gasteiger partial charge in [-0.3, -0.25) is 4.99 Å². The Morgan fingerprint density at radius 3 is 1.92 bits per heavy atom. The van der Waals surface area contributed by atoms with E-state index < -0.39 is 0 Å². The maximum Gasteiger partial charge on any atom is 0.131 e. The Kier molecular flexibility index (Phi) is 8.94. The molecule has 5 aromatic rings. The summed E-state index contributed by atoms with van der Waals surface area (Å²) >= 11 is 0. The monoisotopic (exact) mass is 531 g/mol. The van der Waals surface area contributed by atoms with Crippen LogP contribution in [0.15, 0.2) is 126 Å². The Hall–Kier alpha value is -4.07. The summed E-state index contributed by atoms with van der Waals surface area (Å²) in [5.41, 5.74) is 6.79. The predicted octanol–water partition coefficient (Wildman–Crippen LogP) is 7.26. The third kappa shape index (κ3) is 7.28. The minimum Gasteiger partial charge on any atom is -0.488 e. The largest absolute Gasteiger partial charge is 0.488 e. The lowest BCUT2D eigenvalue weighted by Crippen LogP contribution is -2.15. The van der Waals surface area contributed by atoms with E-state index in [9.17, 15) is 4.39 Å². The molecule has 2 nitrogen and oxygen atoms in total. The van der Waals surface area contributed by atoms with Crippen LogP contribution in [0.25, 0.3) is 0 Å². The van der Waals surface area contributed by atoms with E-state index in [0.717, 1.165) is 45.9 Å². The van der Waals surface area contributed by atoms with Gasteiger partial charge in [0.2, 0.25) is 0 Å². The quantitative estimate of drug-likeness (QED) is 0.137. The molecule has 0 fully saturated rings. The Labute approximate surface area is 232 Å². The van der Waals surface area contributed by atoms with Gasteiger partial charge >= 0.3 is 0 Å². The number of halogens is 1. The standard InChI is InChI=1S/C35H31FNOP/c1-37-24-31-23-32(36)17-18-33(31)39-34-22-29(19-26-11-5-2-6-12-26)21-30(20-27-13-7-3-8-14-27)35(34)38-25-28-15-9-4-10-16-28/h2-18,21-24,39H,19-20,25H2,1H3. The van der Waals surface area contributed by atoms with Crippen molar-refractivity contribution in [3.8, 4) is 5.75 Å². The normalized spacial score (nSPS) is 11.4. The molecule has 0 saturated carbocycles. The summed E-state index contributed by atoms with van der Waals surface area (Å²) in [5.74, 6) is 0.642. The van der Waals surface area contributed by atoms with Gasteiger partial charge in [0.1, 0.15) is 18.2 Å². The second-order valence-corrected chi connectivity index (χ2v) is 10.8. The third-order valence-corrected chi connectivity index (χ3v) is 7.86. The molecular formula is C35H31FNOP. The highest BCUT2D eigenvalue weighted by atomic mass is 31.1. The summed E-state index contributed by atoms with van der Waals surface area (Å²) < 4.78 is 20.8. The molecule has 0 aromatic heterocycles. The van der Waals surface area contributed by atoms with Crippen molar-refractivity contribution in [3.63, 3.8) is 0 Å². The molecule has 0 N–H and O–H groups in total. The molecule has 0 radical (unpaired) electrons. The fourth-order valence-corrected chi connectivity index (χ4v) is 6.01. The number of rotatable bonds is 10. The first-order valence-corrected chi connectivity index (χ1v) is 14.1. The van der Waals surface area contributed by atoms with Gasteiger partial charge in [-0.05, 0) is 57.7 Å². The van der Waals surface area contributed by atoms with E-state index in [4.69, 9.17) is 4.74 Å². The van der Waals surface area contributed by atoms with Crippen LogP contribution in [0, 0.1) is 5.82 Å². The molecule has 1 atom stereocenters. The number of hydrogen-bond donors (Lipinski definition) is 0. The molecule has 0 amide bonds. The highest BCUT2D eigenvalue weighted by Gasteiger charge is 2.16. The van der Waals surface area contributed by atoms with Crippen LogP contribution in [0.4, 0.5) is 4.39 Å². The van der Waals surface area contributed by atoms with Crippen LogP contribution >= 0.6 is 8.58 Å². The number of benzene rings is 5. The van der Waals surface area contributed by atoms with Crippen LogP contribution in [0.5, 0.6) is 5.75 Å². The Balaban J connectivity index is 1.61. The second-order valence-electron chi connectivity index (χ2n) is 9.47. The Bertz CT molecular complexity index is 1540. The molecule has 194 valence electrons. The zero-order valence-electron chi connectivity index (χ0n) is 22.0. The molecule has 0 aliphatic rings. The molecule has 1 unspecified atom stereocenters. The molecule has 0 heterocycles. The van der Waals surface area contributed by atoms with Gasteiger partial charge in [-0.15, -0.1) is 0 Å². The highest BCUT2D eigenvalue weighted by molar-refractivity contribution is 7.56. The van der Waals surface area contributed by atoms with Crippen LogP contribution in [0.2, 0.25) is 0 Å². The van der Waals surface area contributed by atoms with Crippen LogP contribution in [0.1, 0.15) is 33.4 Å². The number of nitrogens with zero attached hydrogens (tertiary/aromatic N) is 1. The summed E-state index contributed by atoms with van der Waals surface area (Å²) in [6, 6.07) is 40.8. The average Bonchev–Trinajstić information content (AvgIpc) is 2.96. The first-order chi connectivity index (χ1) is 19.2. The zero-order valence-corrected chi connectivity index (χ0v) is 23.0. The van der Waals surface area contributed by atoms with Gasteiger partial charge in [0, 0.05) is 30.6 Å². The van der Waals surface area contributed by atoms with Gasteiger partial charge in [-0.2, -0.15) is 0 Å². The average molecular weight is 532 g/mol. The summed E-state index contributed by atoms with van der Waals surface area (Å²) in [6.45, 7) is 0.477. The van der Waals surface area contributed by atoms with Crippen LogP contribution < -0.4 is 15.3 Å². The first-order valence-electron chi connectivity index (χ1n) is 13.1. The SMILES string of the molecule is CN=Cc1cc(F)ccc1Pc1cc(Cc2ccccc2)cc(Cc2ccccc2)c1OCc1ccccc1. The lowest BCUT2D eigenvalue weighted by atomic mass is 9.98. The first kappa shape index (κ1) is 26.5. The fraction of sp³-hybridized carbons (Fsp3) is 0.114. The molecule has 0 aliphatic carbocycles. The zero-order chi connectivity index (χ0) is 26.9. The highest BCUT2D eigenvalue weighted by Crippen LogP contribution is 2.30. The summed E-state index contributed by atoms with van der Waals surface area (Å²) in [6.07, 6.45) is 3.32. The molecule has 0 aliphatic heterocycles.